The highest BCUT2D eigenvalue weighted by Gasteiger charge is 2.58. The minimum Gasteiger partial charge on any atom is -0.405 e. The highest BCUT2D eigenvalue weighted by Crippen LogP contribution is 2.44. The molecule has 2 aromatic rings. The second-order valence-electron chi connectivity index (χ2n) is 9.56. The molecule has 2 fully saturated rings. The number of nitrogens with zero attached hydrogens (tertiary/aromatic N) is 1. The van der Waals surface area contributed by atoms with Crippen LogP contribution in [0.2, 0.25) is 5.04 Å². The summed E-state index contributed by atoms with van der Waals surface area (Å²) in [5.41, 5.74) is -0.827. The molecule has 156 valence electrons. The van der Waals surface area contributed by atoms with E-state index in [1.165, 1.54) is 10.4 Å². The summed E-state index contributed by atoms with van der Waals surface area (Å²) in [5, 5.41) is 2.17. The Hall–Kier alpha value is -1.56. The van der Waals surface area contributed by atoms with Gasteiger partial charge in [-0.15, -0.1) is 0 Å². The van der Waals surface area contributed by atoms with Gasteiger partial charge in [-0.05, 0) is 21.8 Å². The first-order valence-electron chi connectivity index (χ1n) is 10.6. The van der Waals surface area contributed by atoms with Crippen LogP contribution in [0.25, 0.3) is 0 Å². The molecule has 0 N–H and O–H groups in total. The smallest absolute Gasteiger partial charge is 0.261 e. The van der Waals surface area contributed by atoms with E-state index in [2.05, 4.69) is 45.0 Å². The first kappa shape index (κ1) is 20.7. The molecule has 2 aromatic carbocycles. The summed E-state index contributed by atoms with van der Waals surface area (Å²) in [5.74, 6) is 0. The van der Waals surface area contributed by atoms with E-state index >= 15 is 4.39 Å². The quantitative estimate of drug-likeness (QED) is 0.682. The molecule has 0 radical (unpaired) electrons. The van der Waals surface area contributed by atoms with Gasteiger partial charge in [-0.25, -0.2) is 8.78 Å². The molecule has 2 aliphatic rings. The Morgan fingerprint density at radius 1 is 1.00 bits per heavy atom. The summed E-state index contributed by atoms with van der Waals surface area (Å²) in [7, 11) is -2.75. The van der Waals surface area contributed by atoms with Crippen LogP contribution in [0.1, 0.15) is 33.6 Å². The Balaban J connectivity index is 1.79. The molecule has 0 unspecified atom stereocenters. The molecule has 0 spiro atoms. The van der Waals surface area contributed by atoms with Gasteiger partial charge in [0.05, 0.1) is 12.1 Å². The molecular formula is C24H31F2NOSi. The summed E-state index contributed by atoms with van der Waals surface area (Å²) in [6.07, 6.45) is -1.32. The van der Waals surface area contributed by atoms with E-state index in [1.807, 2.05) is 41.3 Å². The van der Waals surface area contributed by atoms with Gasteiger partial charge < -0.3 is 4.43 Å². The molecule has 5 heteroatoms. The number of hydrogen-bond donors (Lipinski definition) is 0. The van der Waals surface area contributed by atoms with Crippen LogP contribution in [-0.2, 0) is 4.43 Å². The monoisotopic (exact) mass is 415 g/mol. The van der Waals surface area contributed by atoms with Crippen LogP contribution in [0.4, 0.5) is 8.78 Å². The lowest BCUT2D eigenvalue weighted by Crippen LogP contribution is -2.68. The van der Waals surface area contributed by atoms with E-state index < -0.39 is 26.2 Å². The molecule has 2 heterocycles. The Kier molecular flexibility index (Phi) is 5.43. The second kappa shape index (κ2) is 7.60. The third kappa shape index (κ3) is 3.37. The zero-order valence-electron chi connectivity index (χ0n) is 17.6. The largest absolute Gasteiger partial charge is 0.405 e. The van der Waals surface area contributed by atoms with Crippen molar-refractivity contribution < 1.29 is 13.2 Å². The van der Waals surface area contributed by atoms with Crippen molar-refractivity contribution in [2.45, 2.75) is 56.5 Å². The van der Waals surface area contributed by atoms with Crippen molar-refractivity contribution in [2.24, 2.45) is 0 Å². The van der Waals surface area contributed by atoms with Gasteiger partial charge in [0.25, 0.3) is 8.32 Å². The molecule has 0 bridgehead atoms. The van der Waals surface area contributed by atoms with E-state index in [4.69, 9.17) is 4.43 Å². The average Bonchev–Trinajstić information content (AvgIpc) is 3.17. The van der Waals surface area contributed by atoms with Crippen molar-refractivity contribution in [3.05, 3.63) is 60.7 Å². The lowest BCUT2D eigenvalue weighted by atomic mass is 9.93. The summed E-state index contributed by atoms with van der Waals surface area (Å²) in [4.78, 5) is 2.00. The van der Waals surface area contributed by atoms with Gasteiger partial charge in [-0.2, -0.15) is 0 Å². The number of halogens is 2. The van der Waals surface area contributed by atoms with Crippen molar-refractivity contribution in [3.8, 4) is 0 Å². The number of hydrogen-bond acceptors (Lipinski definition) is 2. The van der Waals surface area contributed by atoms with E-state index in [-0.39, 0.29) is 18.1 Å². The van der Waals surface area contributed by atoms with E-state index in [0.717, 1.165) is 0 Å². The van der Waals surface area contributed by atoms with E-state index in [0.29, 0.717) is 19.5 Å². The fraction of sp³-hybridized carbons (Fsp3) is 0.500. The fourth-order valence-electron chi connectivity index (χ4n) is 5.41. The maximum Gasteiger partial charge on any atom is 0.261 e. The van der Waals surface area contributed by atoms with Crippen LogP contribution in [0.15, 0.2) is 60.7 Å². The molecule has 29 heavy (non-hydrogen) atoms. The summed E-state index contributed by atoms with van der Waals surface area (Å²) in [6, 6.07) is 20.7. The van der Waals surface area contributed by atoms with E-state index in [1.54, 1.807) is 0 Å². The fourth-order valence-corrected chi connectivity index (χ4v) is 10.0. The van der Waals surface area contributed by atoms with Crippen LogP contribution in [0.3, 0.4) is 0 Å². The third-order valence-corrected chi connectivity index (χ3v) is 11.8. The highest BCUT2D eigenvalue weighted by atomic mass is 28.4. The molecule has 0 aliphatic carbocycles. The Bertz CT molecular complexity index is 786. The summed E-state index contributed by atoms with van der Waals surface area (Å²) >= 11 is 0. The van der Waals surface area contributed by atoms with Crippen molar-refractivity contribution in [3.63, 3.8) is 0 Å². The van der Waals surface area contributed by atoms with Gasteiger partial charge in [-0.1, -0.05) is 81.4 Å². The van der Waals surface area contributed by atoms with E-state index in [9.17, 15) is 4.39 Å². The molecule has 0 saturated carbocycles. The molecule has 4 rings (SSSR count). The summed E-state index contributed by atoms with van der Waals surface area (Å²) in [6.45, 7) is 7.81. The minimum absolute atomic E-state index is 0.171. The van der Waals surface area contributed by atoms with Crippen molar-refractivity contribution in [1.29, 1.82) is 0 Å². The number of fused-ring (bicyclic) bond motifs is 1. The molecule has 3 atom stereocenters. The molecule has 0 aromatic heterocycles. The maximum absolute atomic E-state index is 15.1. The molecule has 2 nitrogen and oxygen atoms in total. The lowest BCUT2D eigenvalue weighted by molar-refractivity contribution is 0.0557. The normalized spacial score (nSPS) is 27.9. The maximum atomic E-state index is 15.1. The van der Waals surface area contributed by atoms with Gasteiger partial charge >= 0.3 is 0 Å². The summed E-state index contributed by atoms with van der Waals surface area (Å²) < 4.78 is 36.4. The second-order valence-corrected chi connectivity index (χ2v) is 13.9. The predicted octanol–water partition coefficient (Wildman–Crippen LogP) is 4.09. The topological polar surface area (TPSA) is 12.5 Å². The van der Waals surface area contributed by atoms with Gasteiger partial charge in [0.2, 0.25) is 0 Å². The molecule has 2 saturated heterocycles. The first-order chi connectivity index (χ1) is 13.8. The molecule has 0 amide bonds. The van der Waals surface area contributed by atoms with Gasteiger partial charge in [0.1, 0.15) is 12.3 Å². The number of rotatable bonds is 5. The van der Waals surface area contributed by atoms with Crippen molar-refractivity contribution >= 4 is 18.7 Å². The van der Waals surface area contributed by atoms with Crippen LogP contribution in [0, 0.1) is 0 Å². The standard InChI is InChI=1S/C24H31F2NOSi/c1-23(2,3)29(20-10-6-4-7-11-20,21-12-8-5-9-13-21)28-18-24-16-19(25)17-27(24)15-14-22(24)26/h4-13,19,22H,14-18H2,1-3H3/t19-,22-,24+/m1/s1. The Labute approximate surface area is 174 Å². The zero-order chi connectivity index (χ0) is 20.7. The van der Waals surface area contributed by atoms with Crippen LogP contribution in [0.5, 0.6) is 0 Å². The number of benzene rings is 2. The average molecular weight is 416 g/mol. The van der Waals surface area contributed by atoms with Crippen LogP contribution < -0.4 is 10.4 Å². The van der Waals surface area contributed by atoms with Gasteiger partial charge in [0, 0.05) is 19.5 Å². The minimum atomic E-state index is -2.75. The highest BCUT2D eigenvalue weighted by molar-refractivity contribution is 6.99. The lowest BCUT2D eigenvalue weighted by Gasteiger charge is -2.46. The third-order valence-electron chi connectivity index (χ3n) is 6.81. The number of alkyl halides is 2. The van der Waals surface area contributed by atoms with Crippen LogP contribution in [-0.4, -0.2) is 50.8 Å². The Morgan fingerprint density at radius 2 is 1.55 bits per heavy atom. The van der Waals surface area contributed by atoms with Gasteiger partial charge in [-0.3, -0.25) is 4.90 Å². The van der Waals surface area contributed by atoms with Crippen molar-refractivity contribution in [2.75, 3.05) is 19.7 Å². The first-order valence-corrected chi connectivity index (χ1v) is 12.5. The van der Waals surface area contributed by atoms with Crippen molar-refractivity contribution in [1.82, 2.24) is 4.90 Å². The molecule has 2 aliphatic heterocycles. The molecular weight excluding hydrogens is 384 g/mol. The Morgan fingerprint density at radius 3 is 2.07 bits per heavy atom. The van der Waals surface area contributed by atoms with Gasteiger partial charge in [0.15, 0.2) is 0 Å². The predicted molar refractivity (Wildman–Crippen MR) is 117 cm³/mol. The zero-order valence-corrected chi connectivity index (χ0v) is 18.6. The SMILES string of the molecule is CC(C)(C)[Si](OC[C@]12C[C@@H](F)CN1CC[C@H]2F)(c1ccccc1)c1ccccc1. The van der Waals surface area contributed by atoms with Crippen LogP contribution >= 0.6 is 0 Å².